The molecule has 0 aliphatic heterocycles. The van der Waals surface area contributed by atoms with Gasteiger partial charge in [-0.25, -0.2) is 0 Å². The minimum Gasteiger partial charge on any atom is -0.454 e. The van der Waals surface area contributed by atoms with Gasteiger partial charge in [0.15, 0.2) is 5.58 Å². The molecule has 4 heterocycles. The molecule has 23 heavy (non-hydrogen) atoms. The van der Waals surface area contributed by atoms with E-state index >= 15 is 0 Å². The lowest BCUT2D eigenvalue weighted by molar-refractivity contribution is 0.668. The zero-order valence-electron chi connectivity index (χ0n) is 12.1. The molecule has 108 valence electrons. The van der Waals surface area contributed by atoms with Crippen LogP contribution in [0, 0.1) is 0 Å². The van der Waals surface area contributed by atoms with Crippen LogP contribution in [0.3, 0.4) is 0 Å². The first kappa shape index (κ1) is 12.3. The summed E-state index contributed by atoms with van der Waals surface area (Å²) in [6.07, 6.45) is 7.25. The molecule has 4 nitrogen and oxygen atoms in total. The molecule has 0 spiro atoms. The Hall–Kier alpha value is -3.27. The number of benzene rings is 1. The molecule has 5 aromatic rings. The van der Waals surface area contributed by atoms with Gasteiger partial charge in [0.2, 0.25) is 0 Å². The first-order chi connectivity index (χ1) is 11.4. The van der Waals surface area contributed by atoms with Gasteiger partial charge in [-0.1, -0.05) is 12.1 Å². The summed E-state index contributed by atoms with van der Waals surface area (Å²) in [7, 11) is 0. The Morgan fingerprint density at radius 3 is 2.74 bits per heavy atom. The average molecular weight is 297 g/mol. The molecule has 0 saturated carbocycles. The van der Waals surface area contributed by atoms with E-state index in [0.717, 1.165) is 44.1 Å². The fourth-order valence-electron chi connectivity index (χ4n) is 2.98. The number of hydrogen-bond donors (Lipinski definition) is 0. The summed E-state index contributed by atoms with van der Waals surface area (Å²) >= 11 is 0. The van der Waals surface area contributed by atoms with E-state index in [-0.39, 0.29) is 0 Å². The number of hydrogen-bond acceptors (Lipinski definition) is 4. The Kier molecular flexibility index (Phi) is 2.46. The fraction of sp³-hybridized carbons (Fsp3) is 0. The Bertz CT molecular complexity index is 1180. The molecular weight excluding hydrogens is 286 g/mol. The monoisotopic (exact) mass is 297 g/mol. The van der Waals surface area contributed by atoms with E-state index in [9.17, 15) is 0 Å². The van der Waals surface area contributed by atoms with E-state index in [2.05, 4.69) is 27.1 Å². The van der Waals surface area contributed by atoms with Gasteiger partial charge in [0.05, 0.1) is 11.1 Å². The van der Waals surface area contributed by atoms with Gasteiger partial charge < -0.3 is 4.42 Å². The normalized spacial score (nSPS) is 11.5. The van der Waals surface area contributed by atoms with Gasteiger partial charge in [0.25, 0.3) is 0 Å². The second kappa shape index (κ2) is 4.61. The molecule has 0 atom stereocenters. The molecule has 0 N–H and O–H groups in total. The number of furan rings is 1. The molecule has 0 aliphatic carbocycles. The summed E-state index contributed by atoms with van der Waals surface area (Å²) in [5.41, 5.74) is 4.42. The average Bonchev–Trinajstić information content (AvgIpc) is 3.00. The lowest BCUT2D eigenvalue weighted by Crippen LogP contribution is -1.86. The molecular formula is C19H11N3O. The minimum atomic E-state index is 0.792. The van der Waals surface area contributed by atoms with Gasteiger partial charge >= 0.3 is 0 Å². The van der Waals surface area contributed by atoms with Crippen LogP contribution in [0.1, 0.15) is 0 Å². The molecule has 4 aromatic heterocycles. The first-order valence-electron chi connectivity index (χ1n) is 7.36. The summed E-state index contributed by atoms with van der Waals surface area (Å²) in [6, 6.07) is 13.9. The van der Waals surface area contributed by atoms with Gasteiger partial charge in [-0.15, -0.1) is 0 Å². The lowest BCUT2D eigenvalue weighted by atomic mass is 10.0. The minimum absolute atomic E-state index is 0.792. The molecule has 0 radical (unpaired) electrons. The number of aromatic nitrogens is 3. The predicted octanol–water partition coefficient (Wildman–Crippen LogP) is 4.59. The van der Waals surface area contributed by atoms with Gasteiger partial charge in [-0.2, -0.15) is 0 Å². The SMILES string of the molecule is c1cnc2c(c1)oc1cccc(-c3cc4ccncc4cn3)c12. The maximum atomic E-state index is 5.90. The number of pyridine rings is 3. The maximum absolute atomic E-state index is 5.90. The van der Waals surface area contributed by atoms with Crippen molar-refractivity contribution in [1.29, 1.82) is 0 Å². The molecule has 0 fully saturated rings. The van der Waals surface area contributed by atoms with Crippen molar-refractivity contribution in [3.05, 3.63) is 67.3 Å². The Balaban J connectivity index is 1.87. The highest BCUT2D eigenvalue weighted by molar-refractivity contribution is 6.10. The van der Waals surface area contributed by atoms with Crippen molar-refractivity contribution < 1.29 is 4.42 Å². The van der Waals surface area contributed by atoms with Gasteiger partial charge in [-0.05, 0) is 35.7 Å². The molecule has 4 heteroatoms. The van der Waals surface area contributed by atoms with Crippen molar-refractivity contribution in [3.8, 4) is 11.3 Å². The largest absolute Gasteiger partial charge is 0.454 e. The van der Waals surface area contributed by atoms with Crippen molar-refractivity contribution >= 4 is 32.8 Å². The molecule has 5 rings (SSSR count). The highest BCUT2D eigenvalue weighted by Crippen LogP contribution is 2.35. The summed E-state index contributed by atoms with van der Waals surface area (Å²) in [6.45, 7) is 0. The van der Waals surface area contributed by atoms with Crippen LogP contribution in [-0.4, -0.2) is 15.0 Å². The first-order valence-corrected chi connectivity index (χ1v) is 7.36. The van der Waals surface area contributed by atoms with Crippen molar-refractivity contribution in [2.24, 2.45) is 0 Å². The van der Waals surface area contributed by atoms with Crippen LogP contribution in [0.4, 0.5) is 0 Å². The van der Waals surface area contributed by atoms with E-state index in [4.69, 9.17) is 4.42 Å². The lowest BCUT2D eigenvalue weighted by Gasteiger charge is -2.04. The van der Waals surface area contributed by atoms with Gasteiger partial charge in [0, 0.05) is 35.7 Å². The van der Waals surface area contributed by atoms with Crippen LogP contribution in [0.15, 0.2) is 71.7 Å². The standard InChI is InChI=1S/C19H11N3O/c1-3-14(15-9-12-6-8-20-10-13(12)11-22-15)18-16(4-1)23-17-5-2-7-21-19(17)18/h1-11H. The van der Waals surface area contributed by atoms with Crippen LogP contribution < -0.4 is 0 Å². The highest BCUT2D eigenvalue weighted by atomic mass is 16.3. The van der Waals surface area contributed by atoms with Crippen LogP contribution in [0.2, 0.25) is 0 Å². The van der Waals surface area contributed by atoms with Gasteiger partial charge in [0.1, 0.15) is 11.1 Å². The highest BCUT2D eigenvalue weighted by Gasteiger charge is 2.14. The topological polar surface area (TPSA) is 51.8 Å². The van der Waals surface area contributed by atoms with E-state index in [1.165, 1.54) is 0 Å². The van der Waals surface area contributed by atoms with Crippen LogP contribution in [-0.2, 0) is 0 Å². The second-order valence-electron chi connectivity index (χ2n) is 5.42. The van der Waals surface area contributed by atoms with Crippen molar-refractivity contribution in [3.63, 3.8) is 0 Å². The molecule has 0 bridgehead atoms. The van der Waals surface area contributed by atoms with E-state index in [1.807, 2.05) is 42.7 Å². The second-order valence-corrected chi connectivity index (χ2v) is 5.42. The summed E-state index contributed by atoms with van der Waals surface area (Å²) < 4.78 is 5.90. The third kappa shape index (κ3) is 1.82. The smallest absolute Gasteiger partial charge is 0.153 e. The van der Waals surface area contributed by atoms with E-state index in [0.29, 0.717) is 0 Å². The Morgan fingerprint density at radius 1 is 0.783 bits per heavy atom. The number of fused-ring (bicyclic) bond motifs is 4. The quantitative estimate of drug-likeness (QED) is 0.454. The van der Waals surface area contributed by atoms with Crippen LogP contribution in [0.25, 0.3) is 44.1 Å². The van der Waals surface area contributed by atoms with E-state index < -0.39 is 0 Å². The van der Waals surface area contributed by atoms with E-state index in [1.54, 1.807) is 12.4 Å². The molecule has 0 amide bonds. The zero-order valence-corrected chi connectivity index (χ0v) is 12.1. The van der Waals surface area contributed by atoms with Crippen molar-refractivity contribution in [2.45, 2.75) is 0 Å². The number of rotatable bonds is 1. The third-order valence-corrected chi connectivity index (χ3v) is 4.05. The zero-order chi connectivity index (χ0) is 15.2. The van der Waals surface area contributed by atoms with Crippen LogP contribution >= 0.6 is 0 Å². The molecule has 0 aliphatic rings. The van der Waals surface area contributed by atoms with Gasteiger partial charge in [-0.3, -0.25) is 15.0 Å². The molecule has 0 saturated heterocycles. The number of nitrogens with zero attached hydrogens (tertiary/aromatic N) is 3. The fourth-order valence-corrected chi connectivity index (χ4v) is 2.98. The maximum Gasteiger partial charge on any atom is 0.153 e. The Labute approximate surface area is 131 Å². The third-order valence-electron chi connectivity index (χ3n) is 4.05. The summed E-state index contributed by atoms with van der Waals surface area (Å²) in [5, 5.41) is 3.14. The molecule has 1 aromatic carbocycles. The summed E-state index contributed by atoms with van der Waals surface area (Å²) in [5.74, 6) is 0. The molecule has 0 unspecified atom stereocenters. The van der Waals surface area contributed by atoms with Crippen molar-refractivity contribution in [2.75, 3.05) is 0 Å². The summed E-state index contributed by atoms with van der Waals surface area (Å²) in [4.78, 5) is 13.2. The van der Waals surface area contributed by atoms with Crippen molar-refractivity contribution in [1.82, 2.24) is 15.0 Å². The predicted molar refractivity (Wildman–Crippen MR) is 90.0 cm³/mol. The Morgan fingerprint density at radius 2 is 1.74 bits per heavy atom. The van der Waals surface area contributed by atoms with Crippen LogP contribution in [0.5, 0.6) is 0 Å².